The lowest BCUT2D eigenvalue weighted by Gasteiger charge is -2.22. The predicted octanol–water partition coefficient (Wildman–Crippen LogP) is 4.18. The van der Waals surface area contributed by atoms with Gasteiger partial charge < -0.3 is 4.90 Å². The maximum atomic E-state index is 13.0. The second kappa shape index (κ2) is 5.09. The third kappa shape index (κ3) is 2.33. The van der Waals surface area contributed by atoms with E-state index < -0.39 is 11.7 Å². The van der Waals surface area contributed by atoms with Gasteiger partial charge in [0.2, 0.25) is 0 Å². The second-order valence-corrected chi connectivity index (χ2v) is 5.67. The molecule has 7 heteroatoms. The van der Waals surface area contributed by atoms with Gasteiger partial charge in [0.1, 0.15) is 0 Å². The molecule has 24 heavy (non-hydrogen) atoms. The molecule has 0 spiro atoms. The molecule has 4 rings (SSSR count). The van der Waals surface area contributed by atoms with Gasteiger partial charge in [-0.2, -0.15) is 13.2 Å². The molecule has 0 amide bonds. The number of alkyl halides is 3. The summed E-state index contributed by atoms with van der Waals surface area (Å²) in [5.41, 5.74) is 1.86. The summed E-state index contributed by atoms with van der Waals surface area (Å²) in [6.45, 7) is 2.65. The highest BCUT2D eigenvalue weighted by molar-refractivity contribution is 5.84. The molecule has 1 aliphatic rings. The number of hydrogen-bond donors (Lipinski definition) is 0. The molecule has 122 valence electrons. The van der Waals surface area contributed by atoms with Crippen molar-refractivity contribution >= 4 is 22.5 Å². The van der Waals surface area contributed by atoms with Gasteiger partial charge >= 0.3 is 6.18 Å². The lowest BCUT2D eigenvalue weighted by molar-refractivity contribution is -0.137. The first kappa shape index (κ1) is 14.7. The topological polar surface area (TPSA) is 33.4 Å². The van der Waals surface area contributed by atoms with E-state index in [4.69, 9.17) is 0 Å². The molecule has 1 aromatic carbocycles. The van der Waals surface area contributed by atoms with E-state index in [1.165, 1.54) is 6.07 Å². The highest BCUT2D eigenvalue weighted by atomic mass is 19.4. The molecule has 0 fully saturated rings. The summed E-state index contributed by atoms with van der Waals surface area (Å²) in [4.78, 5) is 10.7. The van der Waals surface area contributed by atoms with E-state index in [1.54, 1.807) is 16.8 Å². The van der Waals surface area contributed by atoms with Crippen LogP contribution in [0.4, 0.5) is 19.0 Å². The van der Waals surface area contributed by atoms with Crippen LogP contribution in [0.3, 0.4) is 0 Å². The smallest absolute Gasteiger partial charge is 0.326 e. The largest absolute Gasteiger partial charge is 0.416 e. The quantitative estimate of drug-likeness (QED) is 0.671. The Hall–Kier alpha value is -2.83. The highest BCUT2D eigenvalue weighted by Crippen LogP contribution is 2.32. The number of rotatable bonds is 1. The monoisotopic (exact) mass is 330 g/mol. The molecule has 0 saturated carbocycles. The lowest BCUT2D eigenvalue weighted by Crippen LogP contribution is -2.21. The van der Waals surface area contributed by atoms with E-state index in [0.717, 1.165) is 17.7 Å². The van der Waals surface area contributed by atoms with Crippen LogP contribution in [0.1, 0.15) is 12.5 Å². The number of hydrogen-bond acceptors (Lipinski definition) is 3. The van der Waals surface area contributed by atoms with Gasteiger partial charge in [0, 0.05) is 25.1 Å². The van der Waals surface area contributed by atoms with Crippen LogP contribution >= 0.6 is 0 Å². The summed E-state index contributed by atoms with van der Waals surface area (Å²) in [6.07, 6.45) is 4.74. The lowest BCUT2D eigenvalue weighted by atomic mass is 10.2. The van der Waals surface area contributed by atoms with Crippen LogP contribution in [0.2, 0.25) is 0 Å². The van der Waals surface area contributed by atoms with Gasteiger partial charge in [-0.3, -0.25) is 4.40 Å². The Morgan fingerprint density at radius 2 is 2.04 bits per heavy atom. The van der Waals surface area contributed by atoms with Crippen molar-refractivity contribution < 1.29 is 13.2 Å². The fourth-order valence-corrected chi connectivity index (χ4v) is 2.74. The summed E-state index contributed by atoms with van der Waals surface area (Å²) in [5, 5.41) is 0. The van der Waals surface area contributed by atoms with Crippen molar-refractivity contribution in [2.45, 2.75) is 13.1 Å². The van der Waals surface area contributed by atoms with Gasteiger partial charge in [-0.25, -0.2) is 9.97 Å². The van der Waals surface area contributed by atoms with Crippen molar-refractivity contribution in [2.24, 2.45) is 0 Å². The first-order valence-electron chi connectivity index (χ1n) is 7.39. The molecule has 1 aliphatic heterocycles. The van der Waals surface area contributed by atoms with Crippen LogP contribution in [0.15, 0.2) is 54.5 Å². The highest BCUT2D eigenvalue weighted by Gasteiger charge is 2.31. The Balaban J connectivity index is 1.94. The van der Waals surface area contributed by atoms with Crippen molar-refractivity contribution in [3.8, 4) is 0 Å². The van der Waals surface area contributed by atoms with Crippen LogP contribution in [0.25, 0.3) is 16.7 Å². The van der Waals surface area contributed by atoms with Crippen LogP contribution in [0.5, 0.6) is 0 Å². The van der Waals surface area contributed by atoms with Crippen LogP contribution < -0.4 is 4.90 Å². The molecule has 2 aromatic heterocycles. The van der Waals surface area contributed by atoms with Gasteiger partial charge in [0.05, 0.1) is 16.6 Å². The van der Waals surface area contributed by atoms with E-state index >= 15 is 0 Å². The first-order valence-corrected chi connectivity index (χ1v) is 7.39. The molecule has 0 bridgehead atoms. The molecule has 0 saturated heterocycles. The van der Waals surface area contributed by atoms with Crippen LogP contribution in [-0.4, -0.2) is 20.9 Å². The number of imidazole rings is 1. The molecule has 0 atom stereocenters. The molecule has 0 N–H and O–H groups in total. The Bertz CT molecular complexity index is 998. The maximum Gasteiger partial charge on any atom is 0.416 e. The van der Waals surface area contributed by atoms with E-state index in [9.17, 15) is 13.2 Å². The fraction of sp³-hybridized carbons (Fsp3) is 0.176. The van der Waals surface area contributed by atoms with E-state index in [2.05, 4.69) is 16.0 Å². The predicted molar refractivity (Wildman–Crippen MR) is 85.7 cm³/mol. The van der Waals surface area contributed by atoms with Gasteiger partial charge in [0.15, 0.2) is 11.5 Å². The van der Waals surface area contributed by atoms with Crippen molar-refractivity contribution in [1.82, 2.24) is 14.4 Å². The summed E-state index contributed by atoms with van der Waals surface area (Å²) in [6, 6.07) is 3.56. The van der Waals surface area contributed by atoms with Gasteiger partial charge in [-0.05, 0) is 31.2 Å². The Morgan fingerprint density at radius 1 is 1.21 bits per heavy atom. The van der Waals surface area contributed by atoms with Gasteiger partial charge in [-0.1, -0.05) is 11.6 Å². The summed E-state index contributed by atoms with van der Waals surface area (Å²) >= 11 is 0. The summed E-state index contributed by atoms with van der Waals surface area (Å²) in [7, 11) is 0. The normalized spacial score (nSPS) is 15.3. The second-order valence-electron chi connectivity index (χ2n) is 5.67. The Labute approximate surface area is 135 Å². The minimum atomic E-state index is -4.39. The molecule has 3 aromatic rings. The van der Waals surface area contributed by atoms with Crippen molar-refractivity contribution in [3.63, 3.8) is 0 Å². The number of fused-ring (bicyclic) bond motifs is 3. The van der Waals surface area contributed by atoms with Crippen LogP contribution in [-0.2, 0) is 6.18 Å². The minimum Gasteiger partial charge on any atom is -0.326 e. The van der Waals surface area contributed by atoms with Gasteiger partial charge in [-0.15, -0.1) is 0 Å². The number of aromatic nitrogens is 3. The number of anilines is 1. The van der Waals surface area contributed by atoms with E-state index in [1.807, 2.05) is 24.1 Å². The average molecular weight is 330 g/mol. The third-order valence-electron chi connectivity index (χ3n) is 4.03. The molecule has 3 heterocycles. The molecule has 0 unspecified atom stereocenters. The zero-order chi connectivity index (χ0) is 16.9. The van der Waals surface area contributed by atoms with E-state index in [-0.39, 0.29) is 0 Å². The average Bonchev–Trinajstić information content (AvgIpc) is 3.03. The summed E-state index contributed by atoms with van der Waals surface area (Å²) < 4.78 is 40.6. The molecular formula is C17H13F3N4. The standard InChI is InChI=1S/C17H13F3N4/c1-11-4-7-23(8-5-11)16-15-21-6-9-24(15)14-10-12(17(18,19)20)2-3-13(14)22-16/h2-7,9-10H,8H2,1H3. The fourth-order valence-electron chi connectivity index (χ4n) is 2.74. The number of benzene rings is 1. The zero-order valence-corrected chi connectivity index (χ0v) is 12.7. The molecular weight excluding hydrogens is 317 g/mol. The first-order chi connectivity index (χ1) is 11.4. The summed E-state index contributed by atoms with van der Waals surface area (Å²) in [5.74, 6) is 0.618. The van der Waals surface area contributed by atoms with Crippen molar-refractivity contribution in [2.75, 3.05) is 11.4 Å². The maximum absolute atomic E-state index is 13.0. The van der Waals surface area contributed by atoms with Gasteiger partial charge in [0.25, 0.3) is 0 Å². The number of halogens is 3. The van der Waals surface area contributed by atoms with Crippen LogP contribution in [0, 0.1) is 0 Å². The number of allylic oxidation sites excluding steroid dienone is 2. The van der Waals surface area contributed by atoms with Crippen molar-refractivity contribution in [3.05, 3.63) is 60.1 Å². The number of nitrogens with zero attached hydrogens (tertiary/aromatic N) is 4. The Morgan fingerprint density at radius 3 is 2.75 bits per heavy atom. The SMILES string of the molecule is CC1=CCN(c2nc3ccc(C(F)(F)F)cc3n3ccnc23)C=C1. The molecule has 4 nitrogen and oxygen atoms in total. The van der Waals surface area contributed by atoms with E-state index in [0.29, 0.717) is 29.0 Å². The zero-order valence-electron chi connectivity index (χ0n) is 12.7. The minimum absolute atomic E-state index is 0.383. The third-order valence-corrected chi connectivity index (χ3v) is 4.03. The molecule has 0 aliphatic carbocycles. The Kier molecular flexibility index (Phi) is 3.13. The van der Waals surface area contributed by atoms with Crippen molar-refractivity contribution in [1.29, 1.82) is 0 Å². The molecule has 0 radical (unpaired) electrons.